The summed E-state index contributed by atoms with van der Waals surface area (Å²) >= 11 is 1.34. The zero-order valence-electron chi connectivity index (χ0n) is 18.9. The number of esters is 1. The highest BCUT2D eigenvalue weighted by atomic mass is 32.1. The smallest absolute Gasteiger partial charge is 0.337 e. The first-order valence-corrected chi connectivity index (χ1v) is 11.6. The molecule has 0 fully saturated rings. The minimum Gasteiger partial charge on any atom is -0.465 e. The van der Waals surface area contributed by atoms with Crippen molar-refractivity contribution in [3.05, 3.63) is 88.7 Å². The van der Waals surface area contributed by atoms with Crippen molar-refractivity contribution in [1.82, 2.24) is 4.57 Å². The molecule has 0 spiro atoms. The van der Waals surface area contributed by atoms with E-state index in [4.69, 9.17) is 14.2 Å². The average molecular weight is 477 g/mol. The number of ether oxygens (including phenoxy) is 3. The molecule has 1 amide bonds. The van der Waals surface area contributed by atoms with Crippen molar-refractivity contribution >= 4 is 33.4 Å². The Morgan fingerprint density at radius 2 is 1.65 bits per heavy atom. The molecule has 4 aromatic rings. The molecule has 0 aliphatic carbocycles. The molecule has 34 heavy (non-hydrogen) atoms. The molecule has 0 atom stereocenters. The van der Waals surface area contributed by atoms with Gasteiger partial charge in [0.05, 0.1) is 29.5 Å². The van der Waals surface area contributed by atoms with Crippen molar-refractivity contribution in [2.45, 2.75) is 13.5 Å². The Morgan fingerprint density at radius 3 is 2.35 bits per heavy atom. The van der Waals surface area contributed by atoms with E-state index in [1.54, 1.807) is 36.4 Å². The van der Waals surface area contributed by atoms with Crippen molar-refractivity contribution in [2.24, 2.45) is 4.99 Å². The molecule has 0 aliphatic rings. The van der Waals surface area contributed by atoms with Crippen LogP contribution in [0.4, 0.5) is 0 Å². The van der Waals surface area contributed by atoms with Gasteiger partial charge in [0.1, 0.15) is 11.5 Å². The van der Waals surface area contributed by atoms with Crippen LogP contribution in [-0.4, -0.2) is 36.8 Å². The predicted molar refractivity (Wildman–Crippen MR) is 130 cm³/mol. The van der Waals surface area contributed by atoms with Crippen LogP contribution in [-0.2, 0) is 16.0 Å². The van der Waals surface area contributed by atoms with Crippen LogP contribution in [0.2, 0.25) is 0 Å². The molecule has 3 aromatic carbocycles. The van der Waals surface area contributed by atoms with E-state index in [1.165, 1.54) is 18.4 Å². The molecular weight excluding hydrogens is 452 g/mol. The van der Waals surface area contributed by atoms with Crippen LogP contribution < -0.4 is 9.54 Å². The number of hydrogen-bond acceptors (Lipinski definition) is 6. The van der Waals surface area contributed by atoms with Crippen molar-refractivity contribution in [1.29, 1.82) is 0 Å². The molecule has 0 aliphatic heterocycles. The maximum atomic E-state index is 12.9. The van der Waals surface area contributed by atoms with Crippen molar-refractivity contribution in [3.8, 4) is 11.5 Å². The topological polar surface area (TPSA) is 79.1 Å². The van der Waals surface area contributed by atoms with Crippen LogP contribution in [0, 0.1) is 0 Å². The van der Waals surface area contributed by atoms with Crippen LogP contribution in [0.1, 0.15) is 27.6 Å². The van der Waals surface area contributed by atoms with Crippen molar-refractivity contribution < 1.29 is 23.8 Å². The summed E-state index contributed by atoms with van der Waals surface area (Å²) in [5.41, 5.74) is 1.76. The average Bonchev–Trinajstić information content (AvgIpc) is 3.20. The minimum absolute atomic E-state index is 0.365. The number of fused-ring (bicyclic) bond motifs is 1. The van der Waals surface area contributed by atoms with Crippen molar-refractivity contribution in [2.75, 3.05) is 20.3 Å². The van der Waals surface area contributed by atoms with Gasteiger partial charge in [-0.1, -0.05) is 29.5 Å². The number of hydrogen-bond donors (Lipinski definition) is 0. The highest BCUT2D eigenvalue weighted by molar-refractivity contribution is 7.16. The van der Waals surface area contributed by atoms with E-state index in [0.717, 1.165) is 16.0 Å². The molecule has 1 heterocycles. The summed E-state index contributed by atoms with van der Waals surface area (Å²) in [6, 6.07) is 21.6. The van der Waals surface area contributed by atoms with Gasteiger partial charge < -0.3 is 18.8 Å². The first kappa shape index (κ1) is 23.4. The molecule has 0 bridgehead atoms. The number of methoxy groups -OCH3 is 1. The molecule has 0 unspecified atom stereocenters. The molecule has 174 valence electrons. The fourth-order valence-electron chi connectivity index (χ4n) is 3.36. The fourth-order valence-corrected chi connectivity index (χ4v) is 4.45. The van der Waals surface area contributed by atoms with E-state index < -0.39 is 5.97 Å². The molecule has 0 saturated carbocycles. The van der Waals surface area contributed by atoms with Gasteiger partial charge in [-0.15, -0.1) is 0 Å². The maximum Gasteiger partial charge on any atom is 0.337 e. The Bertz CT molecular complexity index is 1360. The highest BCUT2D eigenvalue weighted by Crippen LogP contribution is 2.22. The Balaban J connectivity index is 1.64. The van der Waals surface area contributed by atoms with E-state index in [1.807, 2.05) is 47.9 Å². The van der Waals surface area contributed by atoms with Crippen LogP contribution in [0.3, 0.4) is 0 Å². The molecule has 7 nitrogen and oxygen atoms in total. The minimum atomic E-state index is -0.413. The third kappa shape index (κ3) is 5.41. The predicted octanol–water partition coefficient (Wildman–Crippen LogP) is 5.06. The summed E-state index contributed by atoms with van der Waals surface area (Å²) < 4.78 is 18.9. The monoisotopic (exact) mass is 476 g/mol. The summed E-state index contributed by atoms with van der Waals surface area (Å²) in [6.07, 6.45) is 0. The van der Waals surface area contributed by atoms with E-state index >= 15 is 0 Å². The maximum absolute atomic E-state index is 12.9. The number of carbonyl (C=O) groups is 2. The van der Waals surface area contributed by atoms with Crippen LogP contribution in [0.5, 0.6) is 11.5 Å². The summed E-state index contributed by atoms with van der Waals surface area (Å²) in [5, 5.41) is 0. The van der Waals surface area contributed by atoms with Crippen LogP contribution in [0.15, 0.2) is 77.8 Å². The number of rotatable bonds is 8. The molecule has 0 saturated heterocycles. The third-order valence-corrected chi connectivity index (χ3v) is 6.09. The van der Waals surface area contributed by atoms with Gasteiger partial charge in [-0.25, -0.2) is 4.79 Å². The second kappa shape index (κ2) is 10.9. The van der Waals surface area contributed by atoms with E-state index in [9.17, 15) is 9.59 Å². The second-order valence-electron chi connectivity index (χ2n) is 7.26. The third-order valence-electron chi connectivity index (χ3n) is 5.04. The van der Waals surface area contributed by atoms with E-state index in [0.29, 0.717) is 41.4 Å². The molecule has 8 heteroatoms. The molecule has 4 rings (SSSR count). The lowest BCUT2D eigenvalue weighted by Gasteiger charge is -2.06. The highest BCUT2D eigenvalue weighted by Gasteiger charge is 2.13. The SMILES string of the molecule is CCOCCn1c(=NC(=O)c2ccc(Oc3ccccc3)cc2)sc2cc(C(=O)OC)ccc21. The largest absolute Gasteiger partial charge is 0.465 e. The number of para-hydroxylation sites is 1. The first-order chi connectivity index (χ1) is 16.6. The number of carbonyl (C=O) groups excluding carboxylic acids is 2. The zero-order valence-corrected chi connectivity index (χ0v) is 19.7. The fraction of sp³-hybridized carbons (Fsp3) is 0.192. The Hall–Kier alpha value is -3.75. The van der Waals surface area contributed by atoms with Crippen LogP contribution >= 0.6 is 11.3 Å². The lowest BCUT2D eigenvalue weighted by atomic mass is 10.2. The normalized spacial score (nSPS) is 11.5. The summed E-state index contributed by atoms with van der Waals surface area (Å²) in [7, 11) is 1.35. The number of thiazole rings is 1. The van der Waals surface area contributed by atoms with Crippen molar-refractivity contribution in [3.63, 3.8) is 0 Å². The standard InChI is InChI=1S/C26H24N2O5S/c1-3-32-16-15-28-22-14-11-19(25(30)31-2)17-23(22)34-26(28)27-24(29)18-9-12-21(13-10-18)33-20-7-5-4-6-8-20/h4-14,17H,3,15-16H2,1-2H3. The van der Waals surface area contributed by atoms with Gasteiger partial charge in [0.25, 0.3) is 5.91 Å². The van der Waals surface area contributed by atoms with Gasteiger partial charge in [-0.05, 0) is 61.5 Å². The van der Waals surface area contributed by atoms with E-state index in [2.05, 4.69) is 4.99 Å². The first-order valence-electron chi connectivity index (χ1n) is 10.8. The molecular formula is C26H24N2O5S. The van der Waals surface area contributed by atoms with E-state index in [-0.39, 0.29) is 5.91 Å². The lowest BCUT2D eigenvalue weighted by molar-refractivity contribution is 0.0600. The second-order valence-corrected chi connectivity index (χ2v) is 8.27. The quantitative estimate of drug-likeness (QED) is 0.262. The Morgan fingerprint density at radius 1 is 0.941 bits per heavy atom. The summed E-state index contributed by atoms with van der Waals surface area (Å²) in [6.45, 7) is 3.53. The van der Waals surface area contributed by atoms with Gasteiger partial charge in [0.15, 0.2) is 4.80 Å². The lowest BCUT2D eigenvalue weighted by Crippen LogP contribution is -2.19. The molecule has 1 aromatic heterocycles. The number of nitrogens with zero attached hydrogens (tertiary/aromatic N) is 2. The Kier molecular flexibility index (Phi) is 7.51. The van der Waals surface area contributed by atoms with Crippen LogP contribution in [0.25, 0.3) is 10.2 Å². The number of amides is 1. The number of benzene rings is 3. The van der Waals surface area contributed by atoms with Gasteiger partial charge in [-0.3, -0.25) is 4.79 Å². The zero-order chi connectivity index (χ0) is 23.9. The van der Waals surface area contributed by atoms with Gasteiger partial charge in [0.2, 0.25) is 0 Å². The number of aromatic nitrogens is 1. The van der Waals surface area contributed by atoms with Gasteiger partial charge >= 0.3 is 5.97 Å². The van der Waals surface area contributed by atoms with Gasteiger partial charge in [-0.2, -0.15) is 4.99 Å². The Labute approximate surface area is 200 Å². The summed E-state index contributed by atoms with van der Waals surface area (Å²) in [4.78, 5) is 29.8. The summed E-state index contributed by atoms with van der Waals surface area (Å²) in [5.74, 6) is 0.574. The van der Waals surface area contributed by atoms with Gasteiger partial charge in [0, 0.05) is 18.7 Å². The molecule has 0 N–H and O–H groups in total. The molecule has 0 radical (unpaired) electrons.